The summed E-state index contributed by atoms with van der Waals surface area (Å²) in [6.07, 6.45) is 1.72. The lowest BCUT2D eigenvalue weighted by Crippen LogP contribution is -1.97. The lowest BCUT2D eigenvalue weighted by atomic mass is 10.0. The molecule has 0 fully saturated rings. The third kappa shape index (κ3) is 2.34. The van der Waals surface area contributed by atoms with Gasteiger partial charge in [0.05, 0.1) is 6.61 Å². The van der Waals surface area contributed by atoms with Crippen LogP contribution in [0.5, 0.6) is 5.75 Å². The Kier molecular flexibility index (Phi) is 3.69. The van der Waals surface area contributed by atoms with Gasteiger partial charge in [-0.1, -0.05) is 13.0 Å². The van der Waals surface area contributed by atoms with Crippen LogP contribution in [0.1, 0.15) is 25.3 Å². The van der Waals surface area contributed by atoms with Crippen LogP contribution in [-0.2, 0) is 0 Å². The van der Waals surface area contributed by atoms with Crippen molar-refractivity contribution in [1.82, 2.24) is 0 Å². The SMILES string of the molecule is C=CC(C)c1cc(OCC)ccc1F. The molecule has 0 spiro atoms. The number of halogens is 1. The van der Waals surface area contributed by atoms with Gasteiger partial charge >= 0.3 is 0 Å². The van der Waals surface area contributed by atoms with E-state index in [4.69, 9.17) is 4.74 Å². The fourth-order valence-corrected chi connectivity index (χ4v) is 1.25. The summed E-state index contributed by atoms with van der Waals surface area (Å²) in [5.74, 6) is 0.508. The van der Waals surface area contributed by atoms with E-state index < -0.39 is 0 Å². The van der Waals surface area contributed by atoms with Crippen molar-refractivity contribution in [3.8, 4) is 5.75 Å². The van der Waals surface area contributed by atoms with Gasteiger partial charge in [-0.15, -0.1) is 6.58 Å². The van der Waals surface area contributed by atoms with Crippen LogP contribution in [0.3, 0.4) is 0 Å². The Labute approximate surface area is 84.2 Å². The highest BCUT2D eigenvalue weighted by atomic mass is 19.1. The van der Waals surface area contributed by atoms with E-state index in [0.717, 1.165) is 0 Å². The molecule has 0 aliphatic carbocycles. The first-order chi connectivity index (χ1) is 6.69. The molecule has 1 aromatic carbocycles. The summed E-state index contributed by atoms with van der Waals surface area (Å²) >= 11 is 0. The van der Waals surface area contributed by atoms with E-state index in [9.17, 15) is 4.39 Å². The second-order valence-corrected chi connectivity index (χ2v) is 3.14. The number of allylic oxidation sites excluding steroid dienone is 1. The van der Waals surface area contributed by atoms with Crippen molar-refractivity contribution in [2.45, 2.75) is 19.8 Å². The van der Waals surface area contributed by atoms with Crippen molar-refractivity contribution in [3.63, 3.8) is 0 Å². The first-order valence-corrected chi connectivity index (χ1v) is 4.73. The van der Waals surface area contributed by atoms with Crippen molar-refractivity contribution in [1.29, 1.82) is 0 Å². The topological polar surface area (TPSA) is 9.23 Å². The average Bonchev–Trinajstić information content (AvgIpc) is 2.20. The van der Waals surface area contributed by atoms with Gasteiger partial charge in [0.1, 0.15) is 11.6 Å². The molecule has 1 rings (SSSR count). The van der Waals surface area contributed by atoms with Crippen molar-refractivity contribution in [2.75, 3.05) is 6.61 Å². The molecule has 0 amide bonds. The number of hydrogen-bond donors (Lipinski definition) is 0. The van der Waals surface area contributed by atoms with Gasteiger partial charge in [-0.05, 0) is 30.7 Å². The number of rotatable bonds is 4. The molecule has 0 aromatic heterocycles. The summed E-state index contributed by atoms with van der Waals surface area (Å²) in [5.41, 5.74) is 0.631. The van der Waals surface area contributed by atoms with Gasteiger partial charge in [0, 0.05) is 5.92 Å². The highest BCUT2D eigenvalue weighted by Crippen LogP contribution is 2.24. The molecule has 0 heterocycles. The second-order valence-electron chi connectivity index (χ2n) is 3.14. The second kappa shape index (κ2) is 4.80. The van der Waals surface area contributed by atoms with E-state index in [1.165, 1.54) is 6.07 Å². The number of benzene rings is 1. The zero-order valence-electron chi connectivity index (χ0n) is 8.59. The Morgan fingerprint density at radius 2 is 2.29 bits per heavy atom. The van der Waals surface area contributed by atoms with Gasteiger partial charge in [0.25, 0.3) is 0 Å². The first kappa shape index (κ1) is 10.8. The molecule has 76 valence electrons. The van der Waals surface area contributed by atoms with Gasteiger partial charge in [-0.2, -0.15) is 0 Å². The predicted molar refractivity (Wildman–Crippen MR) is 56.2 cm³/mol. The van der Waals surface area contributed by atoms with Crippen LogP contribution in [0.4, 0.5) is 4.39 Å². The quantitative estimate of drug-likeness (QED) is 0.666. The normalized spacial score (nSPS) is 12.2. The Morgan fingerprint density at radius 3 is 2.86 bits per heavy atom. The minimum atomic E-state index is -0.208. The van der Waals surface area contributed by atoms with E-state index in [1.54, 1.807) is 18.2 Å². The van der Waals surface area contributed by atoms with Crippen LogP contribution in [0.15, 0.2) is 30.9 Å². The van der Waals surface area contributed by atoms with Crippen molar-refractivity contribution < 1.29 is 9.13 Å². The van der Waals surface area contributed by atoms with Crippen LogP contribution < -0.4 is 4.74 Å². The van der Waals surface area contributed by atoms with Crippen LogP contribution in [0.25, 0.3) is 0 Å². The molecule has 0 bridgehead atoms. The molecule has 1 nitrogen and oxygen atoms in total. The van der Waals surface area contributed by atoms with Crippen molar-refractivity contribution in [2.24, 2.45) is 0 Å². The Bertz CT molecular complexity index is 320. The van der Waals surface area contributed by atoms with E-state index in [-0.39, 0.29) is 11.7 Å². The lowest BCUT2D eigenvalue weighted by Gasteiger charge is -2.10. The molecule has 0 aliphatic rings. The average molecular weight is 194 g/mol. The first-order valence-electron chi connectivity index (χ1n) is 4.73. The molecule has 2 heteroatoms. The molecule has 0 saturated carbocycles. The molecule has 1 aromatic rings. The largest absolute Gasteiger partial charge is 0.494 e. The highest BCUT2D eigenvalue weighted by molar-refractivity contribution is 5.33. The smallest absolute Gasteiger partial charge is 0.127 e. The van der Waals surface area contributed by atoms with Crippen LogP contribution in [0.2, 0.25) is 0 Å². The molecule has 0 aliphatic heterocycles. The lowest BCUT2D eigenvalue weighted by molar-refractivity contribution is 0.339. The van der Waals surface area contributed by atoms with Crippen molar-refractivity contribution >= 4 is 0 Å². The van der Waals surface area contributed by atoms with E-state index >= 15 is 0 Å². The summed E-state index contributed by atoms with van der Waals surface area (Å²) in [6.45, 7) is 8.04. The Balaban J connectivity index is 3.01. The monoisotopic (exact) mass is 194 g/mol. The van der Waals surface area contributed by atoms with E-state index in [0.29, 0.717) is 17.9 Å². The third-order valence-corrected chi connectivity index (χ3v) is 2.12. The molecule has 1 unspecified atom stereocenters. The van der Waals surface area contributed by atoms with E-state index in [2.05, 4.69) is 6.58 Å². The van der Waals surface area contributed by atoms with Gasteiger partial charge in [0.15, 0.2) is 0 Å². The number of hydrogen-bond acceptors (Lipinski definition) is 1. The highest BCUT2D eigenvalue weighted by Gasteiger charge is 2.08. The minimum Gasteiger partial charge on any atom is -0.494 e. The summed E-state index contributed by atoms with van der Waals surface area (Å²) < 4.78 is 18.6. The van der Waals surface area contributed by atoms with Crippen LogP contribution >= 0.6 is 0 Å². The van der Waals surface area contributed by atoms with E-state index in [1.807, 2.05) is 13.8 Å². The third-order valence-electron chi connectivity index (χ3n) is 2.12. The standard InChI is InChI=1S/C12H15FO/c1-4-9(3)11-8-10(14-5-2)6-7-12(11)13/h4,6-9H,1,5H2,2-3H3. The van der Waals surface area contributed by atoms with Gasteiger partial charge < -0.3 is 4.74 Å². The summed E-state index contributed by atoms with van der Waals surface area (Å²) in [6, 6.07) is 4.80. The zero-order valence-corrected chi connectivity index (χ0v) is 8.59. The zero-order chi connectivity index (χ0) is 10.6. The number of ether oxygens (including phenoxy) is 1. The van der Waals surface area contributed by atoms with Crippen LogP contribution in [0, 0.1) is 5.82 Å². The summed E-state index contributed by atoms with van der Waals surface area (Å²) in [5, 5.41) is 0. The summed E-state index contributed by atoms with van der Waals surface area (Å²) in [4.78, 5) is 0. The molecule has 0 saturated heterocycles. The maximum Gasteiger partial charge on any atom is 0.127 e. The fraction of sp³-hybridized carbons (Fsp3) is 0.333. The van der Waals surface area contributed by atoms with Gasteiger partial charge in [0.2, 0.25) is 0 Å². The van der Waals surface area contributed by atoms with Gasteiger partial charge in [-0.25, -0.2) is 4.39 Å². The molecule has 0 radical (unpaired) electrons. The summed E-state index contributed by atoms with van der Waals surface area (Å²) in [7, 11) is 0. The Morgan fingerprint density at radius 1 is 1.57 bits per heavy atom. The Hall–Kier alpha value is -1.31. The molecular weight excluding hydrogens is 179 g/mol. The minimum absolute atomic E-state index is 0.00964. The fourth-order valence-electron chi connectivity index (χ4n) is 1.25. The van der Waals surface area contributed by atoms with Gasteiger partial charge in [-0.3, -0.25) is 0 Å². The van der Waals surface area contributed by atoms with Crippen molar-refractivity contribution in [3.05, 3.63) is 42.2 Å². The molecule has 0 N–H and O–H groups in total. The predicted octanol–water partition coefficient (Wildman–Crippen LogP) is 3.51. The van der Waals surface area contributed by atoms with Crippen LogP contribution in [-0.4, -0.2) is 6.61 Å². The molecular formula is C12H15FO. The maximum atomic E-state index is 13.3. The molecule has 1 atom stereocenters. The maximum absolute atomic E-state index is 13.3. The molecule has 14 heavy (non-hydrogen) atoms.